The summed E-state index contributed by atoms with van der Waals surface area (Å²) in [5.41, 5.74) is 0.321. The number of likely N-dealkylation sites (tertiary alicyclic amines) is 1. The summed E-state index contributed by atoms with van der Waals surface area (Å²) < 4.78 is 1.35. The number of carbonyl (C=O) groups excluding carboxylic acids is 2. The molecule has 126 valence electrons. The fourth-order valence-electron chi connectivity index (χ4n) is 2.75. The summed E-state index contributed by atoms with van der Waals surface area (Å²) in [6, 6.07) is 1.50. The highest BCUT2D eigenvalue weighted by atomic mass is 16.2. The van der Waals surface area contributed by atoms with Crippen LogP contribution in [0, 0.1) is 0 Å². The number of anilines is 1. The lowest BCUT2D eigenvalue weighted by Crippen LogP contribution is -2.36. The topological polar surface area (TPSA) is 71.4 Å². The molecule has 1 aromatic rings. The highest BCUT2D eigenvalue weighted by molar-refractivity contribution is 5.96. The fraction of sp³-hybridized carbons (Fsp3) is 0.588. The summed E-state index contributed by atoms with van der Waals surface area (Å²) in [5, 5.41) is 2.64. The lowest BCUT2D eigenvalue weighted by molar-refractivity contribution is -0.116. The van der Waals surface area contributed by atoms with Crippen molar-refractivity contribution in [3.63, 3.8) is 0 Å². The Labute approximate surface area is 136 Å². The monoisotopic (exact) mass is 319 g/mol. The van der Waals surface area contributed by atoms with E-state index < -0.39 is 0 Å². The number of aryl methyl sites for hydroxylation is 1. The van der Waals surface area contributed by atoms with Crippen molar-refractivity contribution < 1.29 is 9.59 Å². The Morgan fingerprint density at radius 2 is 1.91 bits per heavy atom. The zero-order valence-corrected chi connectivity index (χ0v) is 13.9. The van der Waals surface area contributed by atoms with Gasteiger partial charge < -0.3 is 14.8 Å². The molecule has 6 heteroatoms. The van der Waals surface area contributed by atoms with Gasteiger partial charge in [0.2, 0.25) is 5.91 Å². The van der Waals surface area contributed by atoms with Gasteiger partial charge in [-0.15, -0.1) is 0 Å². The van der Waals surface area contributed by atoms with Crippen molar-refractivity contribution in [2.45, 2.75) is 45.4 Å². The van der Waals surface area contributed by atoms with Gasteiger partial charge in [0.15, 0.2) is 0 Å². The van der Waals surface area contributed by atoms with Gasteiger partial charge in [-0.3, -0.25) is 14.4 Å². The second-order valence-electron chi connectivity index (χ2n) is 6.06. The first-order valence-electron chi connectivity index (χ1n) is 8.32. The van der Waals surface area contributed by atoms with Crippen molar-refractivity contribution >= 4 is 17.5 Å². The van der Waals surface area contributed by atoms with Crippen molar-refractivity contribution in [3.8, 4) is 0 Å². The van der Waals surface area contributed by atoms with Crippen LogP contribution in [-0.2, 0) is 11.8 Å². The standard InChI is InChI=1S/C17H25N3O3/c1-3-4-8-15(21)18-14-11-13(12-19(2)17(14)23)16(22)20-9-6-5-7-10-20/h11-12H,3-10H2,1-2H3,(H,18,21). The molecule has 2 rings (SSSR count). The number of unbranched alkanes of at least 4 members (excludes halogenated alkanes) is 1. The third-order valence-corrected chi connectivity index (χ3v) is 4.11. The molecule has 1 aliphatic rings. The van der Waals surface area contributed by atoms with E-state index in [0.717, 1.165) is 45.2 Å². The molecule has 23 heavy (non-hydrogen) atoms. The van der Waals surface area contributed by atoms with Gasteiger partial charge in [0, 0.05) is 32.8 Å². The Bertz CT molecular complexity index is 630. The Morgan fingerprint density at radius 3 is 2.57 bits per heavy atom. The molecule has 6 nitrogen and oxygen atoms in total. The van der Waals surface area contributed by atoms with Crippen LogP contribution in [0.5, 0.6) is 0 Å². The molecule has 0 radical (unpaired) electrons. The van der Waals surface area contributed by atoms with Gasteiger partial charge in [-0.25, -0.2) is 0 Å². The fourth-order valence-corrected chi connectivity index (χ4v) is 2.75. The summed E-state index contributed by atoms with van der Waals surface area (Å²) in [5.74, 6) is -0.268. The third kappa shape index (κ3) is 4.43. The van der Waals surface area contributed by atoms with E-state index in [1.165, 1.54) is 10.6 Å². The van der Waals surface area contributed by atoms with Crippen molar-refractivity contribution in [1.29, 1.82) is 0 Å². The Kier molecular flexibility index (Phi) is 5.96. The molecule has 1 fully saturated rings. The summed E-state index contributed by atoms with van der Waals surface area (Å²) >= 11 is 0. The first-order valence-corrected chi connectivity index (χ1v) is 8.32. The lowest BCUT2D eigenvalue weighted by atomic mass is 10.1. The van der Waals surface area contributed by atoms with E-state index in [9.17, 15) is 14.4 Å². The van der Waals surface area contributed by atoms with Gasteiger partial charge in [-0.2, -0.15) is 0 Å². The van der Waals surface area contributed by atoms with Crippen LogP contribution in [-0.4, -0.2) is 34.4 Å². The van der Waals surface area contributed by atoms with Crippen molar-refractivity contribution in [1.82, 2.24) is 9.47 Å². The Morgan fingerprint density at radius 1 is 1.22 bits per heavy atom. The van der Waals surface area contributed by atoms with Crippen LogP contribution in [0.25, 0.3) is 0 Å². The summed E-state index contributed by atoms with van der Waals surface area (Å²) in [4.78, 5) is 38.4. The number of hydrogen-bond donors (Lipinski definition) is 1. The van der Waals surface area contributed by atoms with E-state index in [-0.39, 0.29) is 23.1 Å². The quantitative estimate of drug-likeness (QED) is 0.904. The number of piperidine rings is 1. The van der Waals surface area contributed by atoms with E-state index in [1.54, 1.807) is 13.2 Å². The summed E-state index contributed by atoms with van der Waals surface area (Å²) in [7, 11) is 1.59. The van der Waals surface area contributed by atoms with Gasteiger partial charge >= 0.3 is 0 Å². The number of nitrogens with one attached hydrogen (secondary N) is 1. The van der Waals surface area contributed by atoms with Crippen LogP contribution in [0.15, 0.2) is 17.1 Å². The maximum atomic E-state index is 12.6. The van der Waals surface area contributed by atoms with Crippen LogP contribution in [0.3, 0.4) is 0 Å². The van der Waals surface area contributed by atoms with E-state index in [0.29, 0.717) is 12.0 Å². The predicted octanol–water partition coefficient (Wildman–Crippen LogP) is 2.14. The second kappa shape index (κ2) is 7.94. The molecule has 0 unspecified atom stereocenters. The summed E-state index contributed by atoms with van der Waals surface area (Å²) in [6.07, 6.45) is 6.79. The average Bonchev–Trinajstić information content (AvgIpc) is 2.57. The highest BCUT2D eigenvalue weighted by Crippen LogP contribution is 2.14. The lowest BCUT2D eigenvalue weighted by Gasteiger charge is -2.27. The molecule has 1 N–H and O–H groups in total. The minimum Gasteiger partial charge on any atom is -0.339 e. The molecule has 1 aliphatic heterocycles. The molecular formula is C17H25N3O3. The largest absolute Gasteiger partial charge is 0.339 e. The Balaban J connectivity index is 2.19. The van der Waals surface area contributed by atoms with Crippen LogP contribution in [0.4, 0.5) is 5.69 Å². The number of pyridine rings is 1. The SMILES string of the molecule is CCCCC(=O)Nc1cc(C(=O)N2CCCCC2)cn(C)c1=O. The van der Waals surface area contributed by atoms with Crippen molar-refractivity contribution in [2.75, 3.05) is 18.4 Å². The Hall–Kier alpha value is -2.11. The van der Waals surface area contributed by atoms with Crippen LogP contribution in [0.2, 0.25) is 0 Å². The zero-order valence-electron chi connectivity index (χ0n) is 13.9. The number of amides is 2. The number of rotatable bonds is 5. The minimum atomic E-state index is -0.301. The number of hydrogen-bond acceptors (Lipinski definition) is 3. The minimum absolute atomic E-state index is 0.0793. The first-order chi connectivity index (χ1) is 11.0. The van der Waals surface area contributed by atoms with Crippen LogP contribution < -0.4 is 10.9 Å². The number of nitrogens with zero attached hydrogens (tertiary/aromatic N) is 2. The molecule has 2 amide bonds. The smallest absolute Gasteiger partial charge is 0.274 e. The van der Waals surface area contributed by atoms with Gasteiger partial charge in [-0.05, 0) is 31.7 Å². The van der Waals surface area contributed by atoms with Gasteiger partial charge in [-0.1, -0.05) is 13.3 Å². The molecule has 1 saturated heterocycles. The molecule has 0 bridgehead atoms. The molecular weight excluding hydrogens is 294 g/mol. The predicted molar refractivity (Wildman–Crippen MR) is 89.6 cm³/mol. The molecule has 0 atom stereocenters. The zero-order chi connectivity index (χ0) is 16.8. The van der Waals surface area contributed by atoms with Crippen molar-refractivity contribution in [3.05, 3.63) is 28.2 Å². The molecule has 0 saturated carbocycles. The number of aromatic nitrogens is 1. The van der Waals surface area contributed by atoms with E-state index in [1.807, 2.05) is 11.8 Å². The molecule has 0 spiro atoms. The molecule has 0 aromatic carbocycles. The summed E-state index contributed by atoms with van der Waals surface area (Å²) in [6.45, 7) is 3.50. The third-order valence-electron chi connectivity index (χ3n) is 4.11. The maximum Gasteiger partial charge on any atom is 0.274 e. The van der Waals surface area contributed by atoms with E-state index in [2.05, 4.69) is 5.32 Å². The van der Waals surface area contributed by atoms with Gasteiger partial charge in [0.1, 0.15) is 5.69 Å². The van der Waals surface area contributed by atoms with Crippen LogP contribution in [0.1, 0.15) is 55.8 Å². The highest BCUT2D eigenvalue weighted by Gasteiger charge is 2.20. The average molecular weight is 319 g/mol. The molecule has 0 aliphatic carbocycles. The van der Waals surface area contributed by atoms with Gasteiger partial charge in [0.25, 0.3) is 11.5 Å². The van der Waals surface area contributed by atoms with Crippen molar-refractivity contribution in [2.24, 2.45) is 7.05 Å². The van der Waals surface area contributed by atoms with E-state index >= 15 is 0 Å². The second-order valence-corrected chi connectivity index (χ2v) is 6.06. The van der Waals surface area contributed by atoms with E-state index in [4.69, 9.17) is 0 Å². The molecule has 2 heterocycles. The first kappa shape index (κ1) is 17.2. The molecule has 1 aromatic heterocycles. The number of carbonyl (C=O) groups is 2. The van der Waals surface area contributed by atoms with Crippen LogP contribution >= 0.6 is 0 Å². The normalized spacial score (nSPS) is 14.6. The maximum absolute atomic E-state index is 12.6. The van der Waals surface area contributed by atoms with Gasteiger partial charge in [0.05, 0.1) is 5.56 Å².